The van der Waals surface area contributed by atoms with Crippen LogP contribution in [0, 0.1) is 5.92 Å². The number of nitrogens with two attached hydrogens (primary N) is 1. The quantitative estimate of drug-likeness (QED) is 0.831. The highest BCUT2D eigenvalue weighted by Gasteiger charge is 2.13. The Morgan fingerprint density at radius 3 is 2.32 bits per heavy atom. The molecule has 3 N–H and O–H groups in total. The van der Waals surface area contributed by atoms with Gasteiger partial charge in [0.2, 0.25) is 5.91 Å². The summed E-state index contributed by atoms with van der Waals surface area (Å²) >= 11 is 11.8. The molecule has 0 saturated carbocycles. The van der Waals surface area contributed by atoms with Gasteiger partial charge in [-0.25, -0.2) is 0 Å². The van der Waals surface area contributed by atoms with E-state index >= 15 is 0 Å². The molecule has 19 heavy (non-hydrogen) atoms. The summed E-state index contributed by atoms with van der Waals surface area (Å²) in [6.45, 7) is 3.88. The number of hydrogen-bond donors (Lipinski definition) is 2. The SMILES string of the molecule is CC(N)CCCC(C)C(=O)Nc1cc(Cl)cc(Cl)c1. The van der Waals surface area contributed by atoms with E-state index in [9.17, 15) is 4.79 Å². The second-order valence-corrected chi connectivity index (χ2v) is 5.83. The highest BCUT2D eigenvalue weighted by atomic mass is 35.5. The van der Waals surface area contributed by atoms with E-state index in [1.54, 1.807) is 18.2 Å². The van der Waals surface area contributed by atoms with Crippen molar-refractivity contribution in [3.63, 3.8) is 0 Å². The Morgan fingerprint density at radius 1 is 1.21 bits per heavy atom. The summed E-state index contributed by atoms with van der Waals surface area (Å²) in [5.41, 5.74) is 6.31. The van der Waals surface area contributed by atoms with E-state index in [4.69, 9.17) is 28.9 Å². The van der Waals surface area contributed by atoms with E-state index in [-0.39, 0.29) is 17.9 Å². The third-order valence-corrected chi connectivity index (χ3v) is 3.31. The normalized spacial score (nSPS) is 13.9. The molecule has 1 aromatic carbocycles. The monoisotopic (exact) mass is 302 g/mol. The Labute approximate surface area is 124 Å². The van der Waals surface area contributed by atoms with E-state index in [0.717, 1.165) is 19.3 Å². The zero-order valence-electron chi connectivity index (χ0n) is 11.2. The summed E-state index contributed by atoms with van der Waals surface area (Å²) in [7, 11) is 0. The third-order valence-electron chi connectivity index (χ3n) is 2.87. The Hall–Kier alpha value is -0.770. The van der Waals surface area contributed by atoms with Crippen LogP contribution < -0.4 is 11.1 Å². The Balaban J connectivity index is 2.49. The van der Waals surface area contributed by atoms with Crippen molar-refractivity contribution in [2.75, 3.05) is 5.32 Å². The molecule has 0 aromatic heterocycles. The fourth-order valence-electron chi connectivity index (χ4n) is 1.77. The maximum Gasteiger partial charge on any atom is 0.227 e. The second kappa shape index (κ2) is 7.73. The number of carbonyl (C=O) groups is 1. The van der Waals surface area contributed by atoms with Gasteiger partial charge in [0.1, 0.15) is 0 Å². The summed E-state index contributed by atoms with van der Waals surface area (Å²) in [5, 5.41) is 3.84. The number of anilines is 1. The molecule has 2 unspecified atom stereocenters. The van der Waals surface area contributed by atoms with Gasteiger partial charge in [0.05, 0.1) is 0 Å². The predicted molar refractivity (Wildman–Crippen MR) is 81.8 cm³/mol. The van der Waals surface area contributed by atoms with Crippen molar-refractivity contribution in [1.82, 2.24) is 0 Å². The molecule has 0 fully saturated rings. The molecule has 0 aliphatic carbocycles. The summed E-state index contributed by atoms with van der Waals surface area (Å²) < 4.78 is 0. The highest BCUT2D eigenvalue weighted by Crippen LogP contribution is 2.23. The molecule has 0 aliphatic rings. The van der Waals surface area contributed by atoms with Crippen LogP contribution in [-0.4, -0.2) is 11.9 Å². The Kier molecular flexibility index (Phi) is 6.63. The number of nitrogens with one attached hydrogen (secondary N) is 1. The van der Waals surface area contributed by atoms with Crippen molar-refractivity contribution in [3.8, 4) is 0 Å². The number of benzene rings is 1. The molecule has 5 heteroatoms. The molecule has 1 rings (SSSR count). The van der Waals surface area contributed by atoms with E-state index in [2.05, 4.69) is 5.32 Å². The van der Waals surface area contributed by atoms with E-state index in [1.807, 2.05) is 13.8 Å². The molecule has 0 spiro atoms. The number of amides is 1. The molecule has 0 aliphatic heterocycles. The third kappa shape index (κ3) is 6.28. The van der Waals surface area contributed by atoms with Gasteiger partial charge in [-0.3, -0.25) is 4.79 Å². The van der Waals surface area contributed by atoms with Crippen LogP contribution in [0.3, 0.4) is 0 Å². The van der Waals surface area contributed by atoms with Crippen LogP contribution in [0.1, 0.15) is 33.1 Å². The minimum Gasteiger partial charge on any atom is -0.328 e. The molecular weight excluding hydrogens is 283 g/mol. The Morgan fingerprint density at radius 2 is 1.79 bits per heavy atom. The number of carbonyl (C=O) groups excluding carboxylic acids is 1. The van der Waals surface area contributed by atoms with Crippen molar-refractivity contribution in [2.24, 2.45) is 11.7 Å². The minimum absolute atomic E-state index is 0.0250. The average molecular weight is 303 g/mol. The lowest BCUT2D eigenvalue weighted by Gasteiger charge is -2.13. The van der Waals surface area contributed by atoms with Crippen LogP contribution in [0.4, 0.5) is 5.69 Å². The van der Waals surface area contributed by atoms with Gasteiger partial charge in [0.25, 0.3) is 0 Å². The predicted octanol–water partition coefficient (Wildman–Crippen LogP) is 4.09. The van der Waals surface area contributed by atoms with Gasteiger partial charge in [-0.15, -0.1) is 0 Å². The van der Waals surface area contributed by atoms with Crippen molar-refractivity contribution >= 4 is 34.8 Å². The van der Waals surface area contributed by atoms with Gasteiger partial charge in [0, 0.05) is 27.7 Å². The first-order valence-corrected chi connectivity index (χ1v) is 7.16. The molecular formula is C14H20Cl2N2O. The van der Waals surface area contributed by atoms with Crippen LogP contribution in [0.15, 0.2) is 18.2 Å². The summed E-state index contributed by atoms with van der Waals surface area (Å²) in [6, 6.07) is 5.17. The summed E-state index contributed by atoms with van der Waals surface area (Å²) in [4.78, 5) is 12.0. The topological polar surface area (TPSA) is 55.1 Å². The fraction of sp³-hybridized carbons (Fsp3) is 0.500. The van der Waals surface area contributed by atoms with Crippen LogP contribution in [0.25, 0.3) is 0 Å². The van der Waals surface area contributed by atoms with Crippen LogP contribution in [0.5, 0.6) is 0 Å². The van der Waals surface area contributed by atoms with Crippen molar-refractivity contribution < 1.29 is 4.79 Å². The first-order chi connectivity index (χ1) is 8.88. The number of rotatable bonds is 6. The molecule has 0 heterocycles. The molecule has 0 saturated heterocycles. The Bertz CT molecular complexity index is 415. The zero-order valence-corrected chi connectivity index (χ0v) is 12.8. The van der Waals surface area contributed by atoms with Gasteiger partial charge in [0.15, 0.2) is 0 Å². The smallest absolute Gasteiger partial charge is 0.227 e. The van der Waals surface area contributed by atoms with Gasteiger partial charge in [-0.1, -0.05) is 36.5 Å². The van der Waals surface area contributed by atoms with Crippen LogP contribution >= 0.6 is 23.2 Å². The fourth-order valence-corrected chi connectivity index (χ4v) is 2.29. The largest absolute Gasteiger partial charge is 0.328 e. The van der Waals surface area contributed by atoms with E-state index < -0.39 is 0 Å². The summed E-state index contributed by atoms with van der Waals surface area (Å²) in [6.07, 6.45) is 2.70. The van der Waals surface area contributed by atoms with Gasteiger partial charge >= 0.3 is 0 Å². The molecule has 1 aromatic rings. The van der Waals surface area contributed by atoms with Crippen molar-refractivity contribution in [3.05, 3.63) is 28.2 Å². The van der Waals surface area contributed by atoms with E-state index in [1.165, 1.54) is 0 Å². The molecule has 0 radical (unpaired) electrons. The number of halogens is 2. The summed E-state index contributed by atoms with van der Waals surface area (Å²) in [5.74, 6) is -0.0838. The van der Waals surface area contributed by atoms with Crippen LogP contribution in [-0.2, 0) is 4.79 Å². The minimum atomic E-state index is -0.0588. The lowest BCUT2D eigenvalue weighted by Crippen LogP contribution is -2.21. The second-order valence-electron chi connectivity index (χ2n) is 4.96. The molecule has 2 atom stereocenters. The van der Waals surface area contributed by atoms with Crippen LogP contribution in [0.2, 0.25) is 10.0 Å². The van der Waals surface area contributed by atoms with Crippen molar-refractivity contribution in [2.45, 2.75) is 39.2 Å². The molecule has 3 nitrogen and oxygen atoms in total. The van der Waals surface area contributed by atoms with Gasteiger partial charge in [-0.05, 0) is 38.0 Å². The molecule has 106 valence electrons. The van der Waals surface area contributed by atoms with Gasteiger partial charge in [-0.2, -0.15) is 0 Å². The zero-order chi connectivity index (χ0) is 14.4. The van der Waals surface area contributed by atoms with Crippen molar-refractivity contribution in [1.29, 1.82) is 0 Å². The standard InChI is InChI=1S/C14H20Cl2N2O/c1-9(4-3-5-10(2)17)14(19)18-13-7-11(15)6-12(16)8-13/h6-10H,3-5,17H2,1-2H3,(H,18,19). The average Bonchev–Trinajstić information content (AvgIpc) is 2.26. The maximum absolute atomic E-state index is 12.0. The highest BCUT2D eigenvalue weighted by molar-refractivity contribution is 6.35. The van der Waals surface area contributed by atoms with Gasteiger partial charge < -0.3 is 11.1 Å². The first-order valence-electron chi connectivity index (χ1n) is 6.41. The molecule has 0 bridgehead atoms. The van der Waals surface area contributed by atoms with E-state index in [0.29, 0.717) is 15.7 Å². The lowest BCUT2D eigenvalue weighted by atomic mass is 10.0. The number of hydrogen-bond acceptors (Lipinski definition) is 2. The maximum atomic E-state index is 12.0. The molecule has 1 amide bonds. The lowest BCUT2D eigenvalue weighted by molar-refractivity contribution is -0.119. The first kappa shape index (κ1) is 16.3.